The second-order valence-corrected chi connectivity index (χ2v) is 9.36. The number of aromatic hydroxyl groups is 1. The van der Waals surface area contributed by atoms with Crippen LogP contribution in [0.1, 0.15) is 76.1 Å². The van der Waals surface area contributed by atoms with E-state index in [4.69, 9.17) is 5.41 Å². The number of aromatic nitrogens is 1. The van der Waals surface area contributed by atoms with E-state index in [1.807, 2.05) is 13.8 Å². The van der Waals surface area contributed by atoms with Crippen molar-refractivity contribution < 1.29 is 5.11 Å². The lowest BCUT2D eigenvalue weighted by Crippen LogP contribution is -2.34. The van der Waals surface area contributed by atoms with Crippen LogP contribution in [0.5, 0.6) is 5.88 Å². The number of amidine groups is 1. The molecule has 33 heavy (non-hydrogen) atoms. The first-order valence-electron chi connectivity index (χ1n) is 12.0. The van der Waals surface area contributed by atoms with E-state index in [0.717, 1.165) is 29.1 Å². The summed E-state index contributed by atoms with van der Waals surface area (Å²) in [6, 6.07) is 7.05. The van der Waals surface area contributed by atoms with E-state index in [1.165, 1.54) is 16.7 Å². The zero-order valence-corrected chi connectivity index (χ0v) is 21.0. The summed E-state index contributed by atoms with van der Waals surface area (Å²) in [6.45, 7) is 14.5. The summed E-state index contributed by atoms with van der Waals surface area (Å²) in [6.07, 6.45) is 8.26. The number of aryl methyl sites for hydroxylation is 2. The van der Waals surface area contributed by atoms with Crippen LogP contribution in [0.2, 0.25) is 0 Å². The molecule has 1 aromatic heterocycles. The number of H-pyrrole nitrogens is 1. The summed E-state index contributed by atoms with van der Waals surface area (Å²) < 4.78 is 0. The minimum Gasteiger partial charge on any atom is -0.494 e. The second-order valence-electron chi connectivity index (χ2n) is 9.36. The average molecular weight is 447 g/mol. The summed E-state index contributed by atoms with van der Waals surface area (Å²) >= 11 is 0. The van der Waals surface area contributed by atoms with Crippen molar-refractivity contribution in [3.63, 3.8) is 0 Å². The SMILES string of the molecule is CCc1ccc(C)c(C2C=c3c(C(C)=NC(=N)/C=C(/C)NC(C)C)c(O)[nH]c3=CC2CC)c1. The number of rotatable bonds is 7. The van der Waals surface area contributed by atoms with Gasteiger partial charge in [-0.3, -0.25) is 5.41 Å². The molecule has 2 aromatic rings. The number of hydrogen-bond acceptors (Lipinski definition) is 3. The van der Waals surface area contributed by atoms with E-state index in [-0.39, 0.29) is 17.6 Å². The predicted molar refractivity (Wildman–Crippen MR) is 140 cm³/mol. The standard InChI is InChI=1S/C28H38N4O/c1-8-20-11-10-17(5)22(13-20)23-15-24-25(14-21(23)9-2)32-28(33)27(24)19(7)31-26(29)12-18(6)30-16(3)4/h10-16,21,23,29-30,32-33H,8-9H2,1-7H3/b18-12-,29-26?,31-19?. The average Bonchev–Trinajstić information content (AvgIpc) is 3.06. The lowest BCUT2D eigenvalue weighted by atomic mass is 9.78. The molecule has 0 amide bonds. The molecule has 3 rings (SSSR count). The van der Waals surface area contributed by atoms with Crippen molar-refractivity contribution >= 4 is 23.7 Å². The van der Waals surface area contributed by atoms with Gasteiger partial charge in [-0.1, -0.05) is 44.2 Å². The molecule has 0 fully saturated rings. The van der Waals surface area contributed by atoms with Gasteiger partial charge in [0.05, 0.1) is 11.3 Å². The number of benzene rings is 1. The molecule has 0 aliphatic heterocycles. The zero-order chi connectivity index (χ0) is 24.3. The van der Waals surface area contributed by atoms with Gasteiger partial charge < -0.3 is 15.4 Å². The predicted octanol–water partition coefficient (Wildman–Crippen LogP) is 4.66. The van der Waals surface area contributed by atoms with Crippen molar-refractivity contribution in [2.24, 2.45) is 10.9 Å². The molecule has 5 nitrogen and oxygen atoms in total. The van der Waals surface area contributed by atoms with E-state index < -0.39 is 0 Å². The summed E-state index contributed by atoms with van der Waals surface area (Å²) in [4.78, 5) is 7.64. The number of allylic oxidation sites excluding steroid dienone is 1. The maximum Gasteiger partial charge on any atom is 0.198 e. The Morgan fingerprint density at radius 3 is 2.61 bits per heavy atom. The van der Waals surface area contributed by atoms with Gasteiger partial charge in [0.1, 0.15) is 5.84 Å². The van der Waals surface area contributed by atoms with Crippen LogP contribution in [0.25, 0.3) is 12.2 Å². The first kappa shape index (κ1) is 24.6. The van der Waals surface area contributed by atoms with Gasteiger partial charge in [0.2, 0.25) is 0 Å². The van der Waals surface area contributed by atoms with E-state index >= 15 is 0 Å². The van der Waals surface area contributed by atoms with Gasteiger partial charge in [-0.2, -0.15) is 0 Å². The van der Waals surface area contributed by atoms with Crippen LogP contribution >= 0.6 is 0 Å². The molecule has 1 aromatic carbocycles. The summed E-state index contributed by atoms with van der Waals surface area (Å²) in [5, 5.41) is 24.2. The van der Waals surface area contributed by atoms with Crippen molar-refractivity contribution in [2.45, 2.75) is 73.3 Å². The van der Waals surface area contributed by atoms with Crippen molar-refractivity contribution in [3.05, 3.63) is 62.8 Å². The van der Waals surface area contributed by atoms with Gasteiger partial charge >= 0.3 is 0 Å². The third-order valence-corrected chi connectivity index (χ3v) is 6.34. The molecule has 0 saturated heterocycles. The Balaban J connectivity index is 2.09. The Morgan fingerprint density at radius 1 is 1.24 bits per heavy atom. The number of nitrogens with zero attached hydrogens (tertiary/aromatic N) is 1. The van der Waals surface area contributed by atoms with Crippen molar-refractivity contribution in [2.75, 3.05) is 0 Å². The molecular weight excluding hydrogens is 408 g/mol. The molecule has 2 atom stereocenters. The Labute approximate surface area is 197 Å². The minimum absolute atomic E-state index is 0.108. The topological polar surface area (TPSA) is 84.3 Å². The molecular formula is C28H38N4O. The van der Waals surface area contributed by atoms with Crippen molar-refractivity contribution in [1.82, 2.24) is 10.3 Å². The van der Waals surface area contributed by atoms with Crippen LogP contribution in [0, 0.1) is 18.3 Å². The lowest BCUT2D eigenvalue weighted by Gasteiger charge is -2.25. The van der Waals surface area contributed by atoms with Crippen molar-refractivity contribution in [3.8, 4) is 5.88 Å². The fourth-order valence-corrected chi connectivity index (χ4v) is 4.74. The number of nitrogens with one attached hydrogen (secondary N) is 3. The molecule has 0 spiro atoms. The molecule has 5 heteroatoms. The van der Waals surface area contributed by atoms with E-state index in [1.54, 1.807) is 6.08 Å². The lowest BCUT2D eigenvalue weighted by molar-refractivity contribution is 0.455. The highest BCUT2D eigenvalue weighted by Gasteiger charge is 2.25. The monoisotopic (exact) mass is 446 g/mol. The first-order valence-corrected chi connectivity index (χ1v) is 12.0. The van der Waals surface area contributed by atoms with E-state index in [2.05, 4.69) is 80.3 Å². The number of fused-ring (bicyclic) bond motifs is 1. The van der Waals surface area contributed by atoms with Crippen LogP contribution in [0.3, 0.4) is 0 Å². The molecule has 0 radical (unpaired) electrons. The van der Waals surface area contributed by atoms with Gasteiger partial charge in [-0.25, -0.2) is 4.99 Å². The normalized spacial score (nSPS) is 18.5. The van der Waals surface area contributed by atoms with Crippen LogP contribution in [-0.2, 0) is 6.42 Å². The van der Waals surface area contributed by atoms with E-state index in [9.17, 15) is 5.11 Å². The van der Waals surface area contributed by atoms with Gasteiger partial charge in [0.15, 0.2) is 5.88 Å². The Kier molecular flexibility index (Phi) is 7.62. The minimum atomic E-state index is 0.108. The first-order chi connectivity index (χ1) is 15.6. The third kappa shape index (κ3) is 5.47. The van der Waals surface area contributed by atoms with Crippen molar-refractivity contribution in [1.29, 1.82) is 5.41 Å². The Morgan fingerprint density at radius 2 is 1.97 bits per heavy atom. The molecule has 1 aliphatic carbocycles. The molecule has 1 aliphatic rings. The largest absolute Gasteiger partial charge is 0.494 e. The van der Waals surface area contributed by atoms with Gasteiger partial charge in [-0.05, 0) is 70.1 Å². The molecule has 0 bridgehead atoms. The number of hydrogen-bond donors (Lipinski definition) is 4. The second kappa shape index (κ2) is 10.2. The molecule has 176 valence electrons. The maximum atomic E-state index is 10.8. The van der Waals surface area contributed by atoms with Gasteiger partial charge in [-0.15, -0.1) is 0 Å². The quantitative estimate of drug-likeness (QED) is 0.368. The highest BCUT2D eigenvalue weighted by Crippen LogP contribution is 2.34. The summed E-state index contributed by atoms with van der Waals surface area (Å²) in [5.41, 5.74) is 6.17. The van der Waals surface area contributed by atoms with Gasteiger partial charge in [0, 0.05) is 34.3 Å². The number of aliphatic imine (C=N–C) groups is 1. The highest BCUT2D eigenvalue weighted by atomic mass is 16.3. The Hall–Kier alpha value is -3.08. The number of aromatic amines is 1. The van der Waals surface area contributed by atoms with E-state index in [0.29, 0.717) is 23.2 Å². The maximum absolute atomic E-state index is 10.8. The smallest absolute Gasteiger partial charge is 0.198 e. The zero-order valence-electron chi connectivity index (χ0n) is 21.0. The van der Waals surface area contributed by atoms with Crippen LogP contribution < -0.4 is 15.9 Å². The van der Waals surface area contributed by atoms with Crippen LogP contribution in [0.4, 0.5) is 0 Å². The molecule has 4 N–H and O–H groups in total. The van der Waals surface area contributed by atoms with Crippen LogP contribution in [0.15, 0.2) is 35.0 Å². The third-order valence-electron chi connectivity index (χ3n) is 6.34. The fourth-order valence-electron chi connectivity index (χ4n) is 4.74. The highest BCUT2D eigenvalue weighted by molar-refractivity contribution is 6.09. The van der Waals surface area contributed by atoms with Crippen LogP contribution in [-0.4, -0.2) is 27.7 Å². The Bertz CT molecular complexity index is 1210. The molecule has 1 heterocycles. The summed E-state index contributed by atoms with van der Waals surface area (Å²) in [5.74, 6) is 0.837. The van der Waals surface area contributed by atoms with Gasteiger partial charge in [0.25, 0.3) is 0 Å². The molecule has 2 unspecified atom stereocenters. The summed E-state index contributed by atoms with van der Waals surface area (Å²) in [7, 11) is 0. The fraction of sp³-hybridized carbons (Fsp3) is 0.429. The molecule has 0 saturated carbocycles.